The molecule has 0 saturated carbocycles. The van der Waals surface area contributed by atoms with Crippen LogP contribution in [-0.2, 0) is 10.2 Å². The molecule has 2 unspecified atom stereocenters. The Labute approximate surface area is 85.3 Å². The van der Waals surface area contributed by atoms with Crippen molar-refractivity contribution in [2.45, 2.75) is 26.4 Å². The van der Waals surface area contributed by atoms with E-state index < -0.39 is 16.3 Å². The van der Waals surface area contributed by atoms with Gasteiger partial charge >= 0.3 is 0 Å². The van der Waals surface area contributed by atoms with E-state index in [1.54, 1.807) is 13.8 Å². The van der Waals surface area contributed by atoms with Crippen molar-refractivity contribution in [3.8, 4) is 0 Å². The number of aliphatic hydroxyl groups is 1. The fraction of sp³-hybridized carbons (Fsp3) is 1.00. The summed E-state index contributed by atoms with van der Waals surface area (Å²) in [5, 5.41) is 9.32. The molecule has 1 fully saturated rings. The summed E-state index contributed by atoms with van der Waals surface area (Å²) in [6.07, 6.45) is 0.305. The number of hydrogen-bond acceptors (Lipinski definition) is 3. The van der Waals surface area contributed by atoms with Gasteiger partial charge in [-0.25, -0.2) is 4.72 Å². The summed E-state index contributed by atoms with van der Waals surface area (Å²) in [6, 6.07) is 0. The van der Waals surface area contributed by atoms with Gasteiger partial charge in [-0.2, -0.15) is 12.7 Å². The summed E-state index contributed by atoms with van der Waals surface area (Å²) < 4.78 is 26.9. The maximum Gasteiger partial charge on any atom is 0.279 e. The minimum atomic E-state index is -3.30. The van der Waals surface area contributed by atoms with E-state index in [1.807, 2.05) is 0 Å². The van der Waals surface area contributed by atoms with Crippen LogP contribution >= 0.6 is 0 Å². The molecule has 1 aliphatic rings. The van der Waals surface area contributed by atoms with E-state index in [2.05, 4.69) is 4.72 Å². The molecule has 1 saturated heterocycles. The van der Waals surface area contributed by atoms with E-state index >= 15 is 0 Å². The zero-order valence-electron chi connectivity index (χ0n) is 8.60. The zero-order chi connectivity index (χ0) is 10.8. The SMILES string of the molecule is CCNS(=O)(=O)N1CCC(C(C)O)C1. The van der Waals surface area contributed by atoms with Gasteiger partial charge in [-0.1, -0.05) is 6.92 Å². The second-order valence-electron chi connectivity index (χ2n) is 3.65. The van der Waals surface area contributed by atoms with Crippen molar-refractivity contribution < 1.29 is 13.5 Å². The van der Waals surface area contributed by atoms with Crippen LogP contribution in [0.5, 0.6) is 0 Å². The van der Waals surface area contributed by atoms with Gasteiger partial charge in [0.05, 0.1) is 6.10 Å². The predicted molar refractivity (Wildman–Crippen MR) is 54.0 cm³/mol. The third-order valence-corrected chi connectivity index (χ3v) is 4.20. The first kappa shape index (κ1) is 11.9. The Kier molecular flexibility index (Phi) is 3.88. The van der Waals surface area contributed by atoms with Crippen molar-refractivity contribution in [1.82, 2.24) is 9.03 Å². The molecule has 84 valence electrons. The summed E-state index contributed by atoms with van der Waals surface area (Å²) in [6.45, 7) is 4.78. The highest BCUT2D eigenvalue weighted by Crippen LogP contribution is 2.21. The maximum absolute atomic E-state index is 11.5. The molecule has 5 nitrogen and oxygen atoms in total. The highest BCUT2D eigenvalue weighted by molar-refractivity contribution is 7.87. The molecular weight excluding hydrogens is 204 g/mol. The fourth-order valence-electron chi connectivity index (χ4n) is 1.64. The summed E-state index contributed by atoms with van der Waals surface area (Å²) in [5.41, 5.74) is 0. The topological polar surface area (TPSA) is 69.6 Å². The molecular formula is C8H18N2O3S. The average molecular weight is 222 g/mol. The summed E-state index contributed by atoms with van der Waals surface area (Å²) >= 11 is 0. The normalized spacial score (nSPS) is 26.6. The molecule has 1 heterocycles. The highest BCUT2D eigenvalue weighted by atomic mass is 32.2. The first-order valence-electron chi connectivity index (χ1n) is 4.90. The van der Waals surface area contributed by atoms with Gasteiger partial charge in [0.2, 0.25) is 0 Å². The van der Waals surface area contributed by atoms with Crippen molar-refractivity contribution >= 4 is 10.2 Å². The smallest absolute Gasteiger partial charge is 0.279 e. The average Bonchev–Trinajstić information content (AvgIpc) is 2.51. The molecule has 14 heavy (non-hydrogen) atoms. The first-order chi connectivity index (χ1) is 6.47. The van der Waals surface area contributed by atoms with Gasteiger partial charge in [-0.05, 0) is 19.3 Å². The molecule has 0 aliphatic carbocycles. The molecule has 0 aromatic carbocycles. The van der Waals surface area contributed by atoms with Crippen molar-refractivity contribution in [1.29, 1.82) is 0 Å². The predicted octanol–water partition coefficient (Wildman–Crippen LogP) is -0.457. The van der Waals surface area contributed by atoms with Crippen molar-refractivity contribution in [3.63, 3.8) is 0 Å². The minimum absolute atomic E-state index is 0.0726. The molecule has 0 amide bonds. The largest absolute Gasteiger partial charge is 0.393 e. The van der Waals surface area contributed by atoms with E-state index in [4.69, 9.17) is 0 Å². The van der Waals surface area contributed by atoms with Crippen LogP contribution in [0.4, 0.5) is 0 Å². The molecule has 1 rings (SSSR count). The van der Waals surface area contributed by atoms with E-state index in [1.165, 1.54) is 4.31 Å². The van der Waals surface area contributed by atoms with Gasteiger partial charge in [0.1, 0.15) is 0 Å². The van der Waals surface area contributed by atoms with Gasteiger partial charge in [0.15, 0.2) is 0 Å². The quantitative estimate of drug-likeness (QED) is 0.676. The monoisotopic (exact) mass is 222 g/mol. The van der Waals surface area contributed by atoms with Gasteiger partial charge < -0.3 is 5.11 Å². The van der Waals surface area contributed by atoms with Crippen LogP contribution in [0.1, 0.15) is 20.3 Å². The second kappa shape index (κ2) is 4.57. The summed E-state index contributed by atoms with van der Waals surface area (Å²) in [4.78, 5) is 0. The first-order valence-corrected chi connectivity index (χ1v) is 6.34. The Morgan fingerprint density at radius 2 is 2.29 bits per heavy atom. The molecule has 1 aliphatic heterocycles. The third-order valence-electron chi connectivity index (χ3n) is 2.54. The molecule has 0 aromatic rings. The Morgan fingerprint density at radius 3 is 2.71 bits per heavy atom. The van der Waals surface area contributed by atoms with Crippen LogP contribution in [0.15, 0.2) is 0 Å². The standard InChI is InChI=1S/C8H18N2O3S/c1-3-9-14(12,13)10-5-4-8(6-10)7(2)11/h7-9,11H,3-6H2,1-2H3. The molecule has 2 N–H and O–H groups in total. The molecule has 0 bridgehead atoms. The van der Waals surface area contributed by atoms with E-state index in [0.717, 1.165) is 6.42 Å². The molecule has 2 atom stereocenters. The van der Waals surface area contributed by atoms with Crippen molar-refractivity contribution in [3.05, 3.63) is 0 Å². The van der Waals surface area contributed by atoms with Crippen LogP contribution in [-0.4, -0.2) is 43.6 Å². The maximum atomic E-state index is 11.5. The summed E-state index contributed by atoms with van der Waals surface area (Å²) in [7, 11) is -3.30. The Hall–Kier alpha value is -0.170. The Bertz CT molecular complexity index is 276. The van der Waals surface area contributed by atoms with Crippen molar-refractivity contribution in [2.75, 3.05) is 19.6 Å². The van der Waals surface area contributed by atoms with Gasteiger partial charge in [0.25, 0.3) is 10.2 Å². The Morgan fingerprint density at radius 1 is 1.64 bits per heavy atom. The lowest BCUT2D eigenvalue weighted by Crippen LogP contribution is -2.39. The number of aliphatic hydroxyl groups excluding tert-OH is 1. The van der Waals surface area contributed by atoms with Crippen LogP contribution in [0, 0.1) is 5.92 Å². The van der Waals surface area contributed by atoms with Crippen LogP contribution in [0.25, 0.3) is 0 Å². The van der Waals surface area contributed by atoms with Gasteiger partial charge in [0, 0.05) is 19.6 Å². The second-order valence-corrected chi connectivity index (χ2v) is 5.41. The molecule has 0 radical (unpaired) electrons. The van der Waals surface area contributed by atoms with Crippen molar-refractivity contribution in [2.24, 2.45) is 5.92 Å². The lowest BCUT2D eigenvalue weighted by Gasteiger charge is -2.17. The summed E-state index contributed by atoms with van der Waals surface area (Å²) in [5.74, 6) is 0.0726. The Balaban J connectivity index is 2.58. The van der Waals surface area contributed by atoms with E-state index in [9.17, 15) is 13.5 Å². The number of hydrogen-bond donors (Lipinski definition) is 2. The number of nitrogens with zero attached hydrogens (tertiary/aromatic N) is 1. The zero-order valence-corrected chi connectivity index (χ0v) is 9.42. The van der Waals surface area contributed by atoms with Crippen LogP contribution < -0.4 is 4.72 Å². The molecule has 0 aromatic heterocycles. The fourth-order valence-corrected chi connectivity index (χ4v) is 2.92. The molecule has 6 heteroatoms. The third kappa shape index (κ3) is 2.66. The van der Waals surface area contributed by atoms with Crippen LogP contribution in [0.3, 0.4) is 0 Å². The van der Waals surface area contributed by atoms with E-state index in [0.29, 0.717) is 19.6 Å². The lowest BCUT2D eigenvalue weighted by atomic mass is 10.0. The van der Waals surface area contributed by atoms with Crippen LogP contribution in [0.2, 0.25) is 0 Å². The lowest BCUT2D eigenvalue weighted by molar-refractivity contribution is 0.132. The van der Waals surface area contributed by atoms with E-state index in [-0.39, 0.29) is 5.92 Å². The number of rotatable bonds is 4. The number of nitrogens with one attached hydrogen (secondary N) is 1. The molecule has 0 spiro atoms. The van der Waals surface area contributed by atoms with Gasteiger partial charge in [-0.15, -0.1) is 0 Å². The highest BCUT2D eigenvalue weighted by Gasteiger charge is 2.32. The minimum Gasteiger partial charge on any atom is -0.393 e. The van der Waals surface area contributed by atoms with Gasteiger partial charge in [-0.3, -0.25) is 0 Å².